The first-order valence-electron chi connectivity index (χ1n) is 17.3. The van der Waals surface area contributed by atoms with Crippen LogP contribution < -0.4 is 15.0 Å². The van der Waals surface area contributed by atoms with Gasteiger partial charge in [0.15, 0.2) is 8.32 Å². The Morgan fingerprint density at radius 1 is 1.02 bits per heavy atom. The van der Waals surface area contributed by atoms with Gasteiger partial charge in [-0.25, -0.2) is 4.98 Å². The Kier molecular flexibility index (Phi) is 11.3. The Morgan fingerprint density at radius 3 is 2.39 bits per heavy atom. The van der Waals surface area contributed by atoms with Crippen LogP contribution in [0.3, 0.4) is 0 Å². The summed E-state index contributed by atoms with van der Waals surface area (Å²) in [6.07, 6.45) is 10.4. The van der Waals surface area contributed by atoms with Crippen LogP contribution >= 0.6 is 11.3 Å². The third-order valence-electron chi connectivity index (χ3n) is 10.8. The van der Waals surface area contributed by atoms with Crippen molar-refractivity contribution in [3.05, 3.63) is 70.2 Å². The van der Waals surface area contributed by atoms with Gasteiger partial charge in [0.25, 0.3) is 0 Å². The number of aryl methyl sites for hydroxylation is 1. The molecule has 0 unspecified atom stereocenters. The Bertz CT molecular complexity index is 1420. The molecular weight excluding hydrogens is 607 g/mol. The highest BCUT2D eigenvalue weighted by molar-refractivity contribution is 7.09. The number of benzene rings is 2. The van der Waals surface area contributed by atoms with Gasteiger partial charge in [0.1, 0.15) is 10.8 Å². The van der Waals surface area contributed by atoms with E-state index in [2.05, 4.69) is 98.5 Å². The van der Waals surface area contributed by atoms with Gasteiger partial charge in [-0.05, 0) is 124 Å². The first-order valence-corrected chi connectivity index (χ1v) is 21.1. The molecule has 46 heavy (non-hydrogen) atoms. The van der Waals surface area contributed by atoms with E-state index < -0.39 is 8.32 Å². The summed E-state index contributed by atoms with van der Waals surface area (Å²) in [5, 5.41) is 6.78. The maximum Gasteiger partial charge on any atom is 0.230 e. The molecule has 250 valence electrons. The zero-order valence-electron chi connectivity index (χ0n) is 29.1. The standard InChI is InChI=1S/C38H55N3O3SSi/c1-27-23-31(17-20-35(27)43-5)29-13-11-28(12-14-29)26-41(33-10-8-9-32(24-33)40-25-36-39-21-22-45-36)37(42)30-15-18-34(19-16-30)44-46(6,7)38(2,3)4/h8-10,17,20-24,28-30,34,40H,11-16,18-19,25-26H2,1-7H3. The summed E-state index contributed by atoms with van der Waals surface area (Å²) < 4.78 is 12.3. The molecule has 1 aromatic heterocycles. The third-order valence-corrected chi connectivity index (χ3v) is 16.1. The number of nitrogens with zero attached hydrogens (tertiary/aromatic N) is 2. The summed E-state index contributed by atoms with van der Waals surface area (Å²) in [6.45, 7) is 15.2. The minimum absolute atomic E-state index is 0.0461. The van der Waals surface area contributed by atoms with Crippen LogP contribution in [0.15, 0.2) is 54.0 Å². The lowest BCUT2D eigenvalue weighted by Crippen LogP contribution is -2.46. The van der Waals surface area contributed by atoms with Crippen LogP contribution in [0, 0.1) is 18.8 Å². The Morgan fingerprint density at radius 2 is 1.76 bits per heavy atom. The fraction of sp³-hybridized carbons (Fsp3) is 0.579. The lowest BCUT2D eigenvalue weighted by atomic mass is 9.78. The predicted octanol–water partition coefficient (Wildman–Crippen LogP) is 9.96. The van der Waals surface area contributed by atoms with Crippen LogP contribution in [0.4, 0.5) is 11.4 Å². The molecule has 3 aromatic rings. The van der Waals surface area contributed by atoms with Crippen molar-refractivity contribution in [3.63, 3.8) is 0 Å². The minimum Gasteiger partial charge on any atom is -0.496 e. The molecular formula is C38H55N3O3SSi. The molecule has 1 heterocycles. The Hall–Kier alpha value is -2.68. The zero-order valence-corrected chi connectivity index (χ0v) is 30.9. The first-order chi connectivity index (χ1) is 21.9. The van der Waals surface area contributed by atoms with Gasteiger partial charge in [0, 0.05) is 41.5 Å². The second kappa shape index (κ2) is 15.0. The van der Waals surface area contributed by atoms with Crippen molar-refractivity contribution in [3.8, 4) is 5.75 Å². The number of amides is 1. The van der Waals surface area contributed by atoms with E-state index in [0.29, 0.717) is 18.4 Å². The second-order valence-electron chi connectivity index (χ2n) is 15.1. The summed E-state index contributed by atoms with van der Waals surface area (Å²) in [4.78, 5) is 21.0. The van der Waals surface area contributed by atoms with Crippen LogP contribution in [0.25, 0.3) is 0 Å². The summed E-state index contributed by atoms with van der Waals surface area (Å²) in [5.74, 6) is 2.35. The monoisotopic (exact) mass is 661 g/mol. The smallest absolute Gasteiger partial charge is 0.230 e. The molecule has 0 atom stereocenters. The molecule has 1 N–H and O–H groups in total. The lowest BCUT2D eigenvalue weighted by Gasteiger charge is -2.41. The van der Waals surface area contributed by atoms with Gasteiger partial charge in [-0.3, -0.25) is 4.79 Å². The average Bonchev–Trinajstić information content (AvgIpc) is 3.56. The van der Waals surface area contributed by atoms with Gasteiger partial charge in [-0.15, -0.1) is 11.3 Å². The van der Waals surface area contributed by atoms with Gasteiger partial charge in [-0.1, -0.05) is 39.0 Å². The van der Waals surface area contributed by atoms with E-state index in [1.165, 1.54) is 11.1 Å². The number of rotatable bonds is 11. The number of ether oxygens (including phenoxy) is 1. The van der Waals surface area contributed by atoms with E-state index in [4.69, 9.17) is 9.16 Å². The molecule has 0 saturated heterocycles. The van der Waals surface area contributed by atoms with E-state index in [1.807, 2.05) is 11.6 Å². The molecule has 5 rings (SSSR count). The Labute approximate surface area is 282 Å². The number of carbonyl (C=O) groups is 1. The summed E-state index contributed by atoms with van der Waals surface area (Å²) in [6, 6.07) is 15.1. The number of nitrogens with one attached hydrogen (secondary N) is 1. The number of hydrogen-bond acceptors (Lipinski definition) is 6. The first kappa shape index (κ1) is 34.6. The molecule has 2 aliphatic carbocycles. The minimum atomic E-state index is -1.83. The van der Waals surface area contributed by atoms with Crippen molar-refractivity contribution in [1.82, 2.24) is 4.98 Å². The fourth-order valence-electron chi connectivity index (χ4n) is 6.96. The van der Waals surface area contributed by atoms with Gasteiger partial charge in [0.05, 0.1) is 13.7 Å². The fourth-order valence-corrected chi connectivity index (χ4v) is 8.94. The molecule has 6 nitrogen and oxygen atoms in total. The highest BCUT2D eigenvalue weighted by Crippen LogP contribution is 2.41. The lowest BCUT2D eigenvalue weighted by molar-refractivity contribution is -0.124. The summed E-state index contributed by atoms with van der Waals surface area (Å²) in [5.41, 5.74) is 4.64. The van der Waals surface area contributed by atoms with Crippen molar-refractivity contribution in [2.75, 3.05) is 23.9 Å². The van der Waals surface area contributed by atoms with Crippen molar-refractivity contribution in [2.24, 2.45) is 11.8 Å². The summed E-state index contributed by atoms with van der Waals surface area (Å²) >= 11 is 1.65. The Balaban J connectivity index is 1.27. The quantitative estimate of drug-likeness (QED) is 0.207. The van der Waals surface area contributed by atoms with E-state index in [1.54, 1.807) is 18.4 Å². The van der Waals surface area contributed by atoms with Gasteiger partial charge in [0.2, 0.25) is 5.91 Å². The molecule has 0 bridgehead atoms. The van der Waals surface area contributed by atoms with Crippen LogP contribution in [0.2, 0.25) is 18.1 Å². The van der Waals surface area contributed by atoms with Gasteiger partial charge >= 0.3 is 0 Å². The molecule has 2 aliphatic rings. The number of hydrogen-bond donors (Lipinski definition) is 1. The highest BCUT2D eigenvalue weighted by atomic mass is 32.1. The van der Waals surface area contributed by atoms with Gasteiger partial charge < -0.3 is 19.4 Å². The van der Waals surface area contributed by atoms with E-state index >= 15 is 0 Å². The maximum atomic E-state index is 14.4. The number of methoxy groups -OCH3 is 1. The molecule has 2 fully saturated rings. The molecule has 2 aromatic carbocycles. The van der Waals surface area contributed by atoms with Crippen molar-refractivity contribution >= 4 is 36.9 Å². The van der Waals surface area contributed by atoms with Gasteiger partial charge in [-0.2, -0.15) is 0 Å². The van der Waals surface area contributed by atoms with Crippen LogP contribution in [0.1, 0.15) is 94.2 Å². The molecule has 0 radical (unpaired) electrons. The van der Waals surface area contributed by atoms with Crippen molar-refractivity contribution in [2.45, 2.75) is 116 Å². The number of anilines is 2. The molecule has 0 spiro atoms. The third kappa shape index (κ3) is 8.61. The SMILES string of the molecule is COc1ccc(C2CCC(CN(C(=O)C3CCC(O[Si](C)(C)C(C)(C)C)CC3)c3cccc(NCc4nccs4)c3)CC2)cc1C. The molecule has 1 amide bonds. The normalized spacial score (nSPS) is 22.3. The topological polar surface area (TPSA) is 63.7 Å². The predicted molar refractivity (Wildman–Crippen MR) is 195 cm³/mol. The molecule has 0 aliphatic heterocycles. The van der Waals surface area contributed by atoms with E-state index in [-0.39, 0.29) is 23.0 Å². The zero-order chi connectivity index (χ0) is 32.9. The number of carbonyl (C=O) groups excluding carboxylic acids is 1. The van der Waals surface area contributed by atoms with Crippen LogP contribution in [-0.2, 0) is 15.8 Å². The van der Waals surface area contributed by atoms with E-state index in [9.17, 15) is 4.79 Å². The highest BCUT2D eigenvalue weighted by Gasteiger charge is 2.41. The number of thiazole rings is 1. The average molecular weight is 662 g/mol. The summed E-state index contributed by atoms with van der Waals surface area (Å²) in [7, 11) is -0.0926. The number of aromatic nitrogens is 1. The molecule has 8 heteroatoms. The molecule has 2 saturated carbocycles. The maximum absolute atomic E-state index is 14.4. The van der Waals surface area contributed by atoms with Crippen LogP contribution in [-0.4, -0.2) is 39.0 Å². The largest absolute Gasteiger partial charge is 0.496 e. The van der Waals surface area contributed by atoms with E-state index in [0.717, 1.165) is 80.0 Å². The second-order valence-corrected chi connectivity index (χ2v) is 20.8. The van der Waals surface area contributed by atoms with Crippen molar-refractivity contribution in [1.29, 1.82) is 0 Å². The van der Waals surface area contributed by atoms with Crippen molar-refractivity contribution < 1.29 is 14.0 Å². The van der Waals surface area contributed by atoms with Crippen LogP contribution in [0.5, 0.6) is 5.75 Å².